The van der Waals surface area contributed by atoms with Gasteiger partial charge in [0.05, 0.1) is 23.1 Å². The van der Waals surface area contributed by atoms with Crippen LogP contribution in [0.25, 0.3) is 21.8 Å². The molecule has 1 heterocycles. The Morgan fingerprint density at radius 3 is 2.34 bits per heavy atom. The summed E-state index contributed by atoms with van der Waals surface area (Å²) in [6.07, 6.45) is -4.50. The number of aromatic nitrogens is 1. The van der Waals surface area contributed by atoms with E-state index in [-0.39, 0.29) is 12.1 Å². The molecule has 4 nitrogen and oxygen atoms in total. The van der Waals surface area contributed by atoms with Crippen molar-refractivity contribution in [2.24, 2.45) is 5.73 Å². The lowest BCUT2D eigenvalue weighted by atomic mass is 10.0. The minimum atomic E-state index is -4.50. The first-order valence-electron chi connectivity index (χ1n) is 11.0. The molecule has 0 unspecified atom stereocenters. The van der Waals surface area contributed by atoms with Gasteiger partial charge in [0.2, 0.25) is 5.91 Å². The number of carbonyl (C=O) groups is 1. The maximum absolute atomic E-state index is 13.6. The number of alkyl halides is 3. The summed E-state index contributed by atoms with van der Waals surface area (Å²) in [6, 6.07) is 25.7. The number of nitrogens with zero attached hydrogens (tertiary/aromatic N) is 1. The van der Waals surface area contributed by atoms with Crippen molar-refractivity contribution in [3.8, 4) is 5.75 Å². The molecule has 1 amide bonds. The number of benzene rings is 4. The summed E-state index contributed by atoms with van der Waals surface area (Å²) in [5.74, 6) is -0.00877. The minimum absolute atomic E-state index is 0.245. The Hall–Kier alpha value is -4.26. The second-order valence-electron chi connectivity index (χ2n) is 8.26. The van der Waals surface area contributed by atoms with Crippen LogP contribution in [0, 0.1) is 0 Å². The van der Waals surface area contributed by atoms with Crippen molar-refractivity contribution in [1.29, 1.82) is 0 Å². The minimum Gasteiger partial charge on any atom is -0.489 e. The smallest absolute Gasteiger partial charge is 0.416 e. The van der Waals surface area contributed by atoms with Gasteiger partial charge >= 0.3 is 6.18 Å². The topological polar surface area (TPSA) is 57.2 Å². The van der Waals surface area contributed by atoms with E-state index >= 15 is 0 Å². The van der Waals surface area contributed by atoms with Crippen LogP contribution in [0.15, 0.2) is 91.0 Å². The van der Waals surface area contributed by atoms with Crippen LogP contribution in [-0.2, 0) is 19.3 Å². The van der Waals surface area contributed by atoms with E-state index in [1.807, 2.05) is 54.6 Å². The van der Waals surface area contributed by atoms with Gasteiger partial charge in [-0.05, 0) is 35.9 Å². The number of rotatable bonds is 6. The third kappa shape index (κ3) is 4.33. The summed E-state index contributed by atoms with van der Waals surface area (Å²) in [4.78, 5) is 12.1. The van der Waals surface area contributed by atoms with Crippen molar-refractivity contribution in [1.82, 2.24) is 4.57 Å². The molecule has 2 N–H and O–H groups in total. The molecule has 0 spiro atoms. The molecule has 0 bridgehead atoms. The number of ether oxygens (including phenoxy) is 1. The summed E-state index contributed by atoms with van der Waals surface area (Å²) >= 11 is 0. The first kappa shape index (κ1) is 22.5. The Labute approximate surface area is 199 Å². The molecule has 0 saturated carbocycles. The number of para-hydroxylation sites is 1. The largest absolute Gasteiger partial charge is 0.489 e. The van der Waals surface area contributed by atoms with Crippen LogP contribution >= 0.6 is 0 Å². The molecule has 7 heteroatoms. The highest BCUT2D eigenvalue weighted by Gasteiger charge is 2.31. The zero-order valence-corrected chi connectivity index (χ0v) is 18.5. The number of primary amides is 1. The molecule has 0 aliphatic heterocycles. The van der Waals surface area contributed by atoms with Crippen LogP contribution in [0.3, 0.4) is 0 Å². The van der Waals surface area contributed by atoms with Gasteiger partial charge < -0.3 is 15.0 Å². The molecule has 4 aromatic carbocycles. The van der Waals surface area contributed by atoms with Crippen molar-refractivity contribution in [3.05, 3.63) is 113 Å². The van der Waals surface area contributed by atoms with Gasteiger partial charge in [-0.3, -0.25) is 4.79 Å². The summed E-state index contributed by atoms with van der Waals surface area (Å²) < 4.78 is 48.5. The number of carbonyl (C=O) groups excluding carboxylic acids is 1. The van der Waals surface area contributed by atoms with E-state index in [9.17, 15) is 18.0 Å². The van der Waals surface area contributed by atoms with Gasteiger partial charge in [-0.2, -0.15) is 13.2 Å². The number of hydrogen-bond acceptors (Lipinski definition) is 2. The van der Waals surface area contributed by atoms with E-state index in [1.54, 1.807) is 22.8 Å². The number of amides is 1. The molecule has 0 aliphatic carbocycles. The third-order valence-corrected chi connectivity index (χ3v) is 6.02. The quantitative estimate of drug-likeness (QED) is 0.304. The van der Waals surface area contributed by atoms with Gasteiger partial charge in [-0.15, -0.1) is 0 Å². The van der Waals surface area contributed by atoms with E-state index in [0.717, 1.165) is 23.3 Å². The average Bonchev–Trinajstić information content (AvgIpc) is 3.16. The molecule has 0 atom stereocenters. The predicted molar refractivity (Wildman–Crippen MR) is 129 cm³/mol. The highest BCUT2D eigenvalue weighted by molar-refractivity contribution is 6.18. The maximum Gasteiger partial charge on any atom is 0.416 e. The molecular formula is C28H21F3N2O2. The van der Waals surface area contributed by atoms with E-state index in [2.05, 4.69) is 0 Å². The molecule has 0 fully saturated rings. The van der Waals surface area contributed by atoms with E-state index < -0.39 is 17.6 Å². The maximum atomic E-state index is 13.6. The average molecular weight is 474 g/mol. The second kappa shape index (κ2) is 8.83. The number of hydrogen-bond donors (Lipinski definition) is 1. The zero-order chi connectivity index (χ0) is 24.6. The molecule has 1 aromatic heterocycles. The monoisotopic (exact) mass is 474 g/mol. The Morgan fingerprint density at radius 2 is 1.60 bits per heavy atom. The molecule has 5 rings (SSSR count). The van der Waals surface area contributed by atoms with Crippen molar-refractivity contribution in [2.75, 3.05) is 0 Å². The van der Waals surface area contributed by atoms with Crippen LogP contribution in [0.5, 0.6) is 5.75 Å². The molecule has 176 valence electrons. The van der Waals surface area contributed by atoms with Gasteiger partial charge in [-0.1, -0.05) is 60.7 Å². The Bertz CT molecular complexity index is 1540. The van der Waals surface area contributed by atoms with Crippen molar-refractivity contribution >= 4 is 27.7 Å². The highest BCUT2D eigenvalue weighted by atomic mass is 19.4. The van der Waals surface area contributed by atoms with Crippen LogP contribution in [0.2, 0.25) is 0 Å². The van der Waals surface area contributed by atoms with Crippen LogP contribution in [0.1, 0.15) is 27.0 Å². The molecular weight excluding hydrogens is 453 g/mol. The van der Waals surface area contributed by atoms with Gasteiger partial charge in [0.25, 0.3) is 0 Å². The van der Waals surface area contributed by atoms with E-state index in [4.69, 9.17) is 10.5 Å². The summed E-state index contributed by atoms with van der Waals surface area (Å²) in [6.45, 7) is 0.601. The fourth-order valence-electron chi connectivity index (χ4n) is 4.38. The number of fused-ring (bicyclic) bond motifs is 3. The molecule has 35 heavy (non-hydrogen) atoms. The van der Waals surface area contributed by atoms with Crippen LogP contribution in [0.4, 0.5) is 13.2 Å². The Morgan fingerprint density at radius 1 is 0.857 bits per heavy atom. The predicted octanol–water partition coefficient (Wildman–Crippen LogP) is 6.54. The standard InChI is InChI=1S/C28H21F3N2O2/c29-28(30,31)20-13-14-21-24(15-20)33(23-11-6-10-22(26(21)23)27(32)34)16-19-9-4-5-12-25(19)35-17-18-7-2-1-3-8-18/h1-15H,16-17H2,(H2,32,34). The second-order valence-corrected chi connectivity index (χ2v) is 8.26. The van der Waals surface area contributed by atoms with E-state index in [0.29, 0.717) is 34.2 Å². The SMILES string of the molecule is NC(=O)c1cccc2c1c1ccc(C(F)(F)F)cc1n2Cc1ccccc1OCc1ccccc1. The third-order valence-electron chi connectivity index (χ3n) is 6.02. The molecule has 0 radical (unpaired) electrons. The summed E-state index contributed by atoms with van der Waals surface area (Å²) in [7, 11) is 0. The van der Waals surface area contributed by atoms with Gasteiger partial charge in [0.15, 0.2) is 0 Å². The normalized spacial score (nSPS) is 11.7. The fraction of sp³-hybridized carbons (Fsp3) is 0.107. The zero-order valence-electron chi connectivity index (χ0n) is 18.5. The van der Waals surface area contributed by atoms with Crippen molar-refractivity contribution in [3.63, 3.8) is 0 Å². The first-order valence-corrected chi connectivity index (χ1v) is 11.0. The molecule has 0 saturated heterocycles. The van der Waals surface area contributed by atoms with Crippen LogP contribution in [-0.4, -0.2) is 10.5 Å². The fourth-order valence-corrected chi connectivity index (χ4v) is 4.38. The number of nitrogens with two attached hydrogens (primary N) is 1. The lowest BCUT2D eigenvalue weighted by Gasteiger charge is -2.14. The Balaban J connectivity index is 1.65. The first-order chi connectivity index (χ1) is 16.8. The van der Waals surface area contributed by atoms with Crippen molar-refractivity contribution < 1.29 is 22.7 Å². The van der Waals surface area contributed by atoms with Crippen molar-refractivity contribution in [2.45, 2.75) is 19.3 Å². The summed E-state index contributed by atoms with van der Waals surface area (Å²) in [5, 5.41) is 1.07. The van der Waals surface area contributed by atoms with Crippen LogP contribution < -0.4 is 10.5 Å². The number of halogens is 3. The van der Waals surface area contributed by atoms with Gasteiger partial charge in [0, 0.05) is 21.9 Å². The highest BCUT2D eigenvalue weighted by Crippen LogP contribution is 2.37. The molecule has 5 aromatic rings. The molecule has 0 aliphatic rings. The van der Waals surface area contributed by atoms with E-state index in [1.165, 1.54) is 6.07 Å². The van der Waals surface area contributed by atoms with Gasteiger partial charge in [-0.25, -0.2) is 0 Å². The summed E-state index contributed by atoms with van der Waals surface area (Å²) in [5.41, 5.74) is 7.88. The lowest BCUT2D eigenvalue weighted by molar-refractivity contribution is -0.137. The van der Waals surface area contributed by atoms with Gasteiger partial charge in [0.1, 0.15) is 12.4 Å². The lowest BCUT2D eigenvalue weighted by Crippen LogP contribution is -2.11. The Kier molecular flexibility index (Phi) is 5.68.